The lowest BCUT2D eigenvalue weighted by atomic mass is 10.1. The summed E-state index contributed by atoms with van der Waals surface area (Å²) in [6, 6.07) is 7.51. The largest absolute Gasteiger partial charge is 0.497 e. The molecule has 0 atom stereocenters. The van der Waals surface area contributed by atoms with Crippen LogP contribution >= 0.6 is 11.8 Å². The Kier molecular flexibility index (Phi) is 4.11. The third-order valence-electron chi connectivity index (χ3n) is 2.69. The molecule has 6 heteroatoms. The lowest BCUT2D eigenvalue weighted by Gasteiger charge is -2.03. The first-order valence-corrected chi connectivity index (χ1v) is 6.85. The summed E-state index contributed by atoms with van der Waals surface area (Å²) in [6.07, 6.45) is 2.35. The van der Waals surface area contributed by atoms with Crippen LogP contribution in [0.4, 0.5) is 0 Å². The van der Waals surface area contributed by atoms with Gasteiger partial charge in [0, 0.05) is 6.42 Å². The zero-order valence-corrected chi connectivity index (χ0v) is 11.5. The molecule has 1 aromatic heterocycles. The van der Waals surface area contributed by atoms with Crippen molar-refractivity contribution in [3.05, 3.63) is 41.2 Å². The molecule has 5 nitrogen and oxygen atoms in total. The molecule has 0 fully saturated rings. The zero-order valence-electron chi connectivity index (χ0n) is 10.6. The second kappa shape index (κ2) is 5.79. The number of rotatable bonds is 5. The van der Waals surface area contributed by atoms with Crippen molar-refractivity contribution in [3.63, 3.8) is 0 Å². The molecule has 0 aliphatic heterocycles. The maximum absolute atomic E-state index is 11.1. The number of carbonyl (C=O) groups is 1. The number of hydrogen-bond acceptors (Lipinski definition) is 4. The number of methoxy groups -OCH3 is 1. The molecular formula is C13H14N2O3S. The van der Waals surface area contributed by atoms with E-state index in [0.29, 0.717) is 17.3 Å². The van der Waals surface area contributed by atoms with E-state index >= 15 is 0 Å². The molecule has 0 saturated heterocycles. The molecule has 0 spiro atoms. The second-order valence-electron chi connectivity index (χ2n) is 3.90. The van der Waals surface area contributed by atoms with E-state index in [1.807, 2.05) is 30.5 Å². The summed E-state index contributed by atoms with van der Waals surface area (Å²) in [5, 5.41) is 9.73. The fraction of sp³-hybridized carbons (Fsp3) is 0.231. The minimum Gasteiger partial charge on any atom is -0.497 e. The Morgan fingerprint density at radius 2 is 2.11 bits per heavy atom. The smallest absolute Gasteiger partial charge is 0.356 e. The number of ether oxygens (including phenoxy) is 1. The first-order chi connectivity index (χ1) is 9.13. The molecule has 19 heavy (non-hydrogen) atoms. The first kappa shape index (κ1) is 13.5. The van der Waals surface area contributed by atoms with Crippen molar-refractivity contribution in [1.29, 1.82) is 0 Å². The van der Waals surface area contributed by atoms with Crippen molar-refractivity contribution in [3.8, 4) is 5.75 Å². The van der Waals surface area contributed by atoms with Crippen LogP contribution in [0.15, 0.2) is 29.4 Å². The number of carboxylic acids is 1. The Morgan fingerprint density at radius 3 is 2.63 bits per heavy atom. The number of aromatic nitrogens is 2. The molecule has 2 rings (SSSR count). The van der Waals surface area contributed by atoms with Gasteiger partial charge in [-0.2, -0.15) is 0 Å². The topological polar surface area (TPSA) is 75.2 Å². The van der Waals surface area contributed by atoms with Crippen LogP contribution in [0.1, 0.15) is 21.7 Å². The molecule has 0 amide bonds. The van der Waals surface area contributed by atoms with Gasteiger partial charge in [0.1, 0.15) is 5.75 Å². The molecule has 0 aliphatic rings. The SMILES string of the molecule is COc1ccc(Cc2[nH]c(SC)nc2C(=O)O)cc1. The number of hydrogen-bond donors (Lipinski definition) is 2. The van der Waals surface area contributed by atoms with Gasteiger partial charge in [-0.15, -0.1) is 0 Å². The molecular weight excluding hydrogens is 264 g/mol. The highest BCUT2D eigenvalue weighted by Gasteiger charge is 2.16. The Hall–Kier alpha value is -1.95. The summed E-state index contributed by atoms with van der Waals surface area (Å²) in [5.41, 5.74) is 1.70. The van der Waals surface area contributed by atoms with Crippen molar-refractivity contribution < 1.29 is 14.6 Å². The summed E-state index contributed by atoms with van der Waals surface area (Å²) in [7, 11) is 1.61. The van der Waals surface area contributed by atoms with Crippen LogP contribution in [0.25, 0.3) is 0 Å². The minimum absolute atomic E-state index is 0.0835. The average Bonchev–Trinajstić information content (AvgIpc) is 2.83. The molecule has 1 heterocycles. The number of aromatic carboxylic acids is 1. The summed E-state index contributed by atoms with van der Waals surface area (Å²) in [5.74, 6) is -0.239. The molecule has 2 N–H and O–H groups in total. The molecule has 0 radical (unpaired) electrons. The number of carboxylic acid groups (broad SMARTS) is 1. The zero-order chi connectivity index (χ0) is 13.8. The molecule has 0 bridgehead atoms. The van der Waals surface area contributed by atoms with E-state index in [9.17, 15) is 4.79 Å². The van der Waals surface area contributed by atoms with Gasteiger partial charge in [0.05, 0.1) is 12.8 Å². The number of H-pyrrole nitrogens is 1. The van der Waals surface area contributed by atoms with Crippen molar-refractivity contribution in [2.75, 3.05) is 13.4 Å². The van der Waals surface area contributed by atoms with E-state index < -0.39 is 5.97 Å². The van der Waals surface area contributed by atoms with Crippen LogP contribution in [0, 0.1) is 0 Å². The summed E-state index contributed by atoms with van der Waals surface area (Å²) < 4.78 is 5.09. The lowest BCUT2D eigenvalue weighted by Crippen LogP contribution is -2.02. The van der Waals surface area contributed by atoms with Crippen LogP contribution in [0.5, 0.6) is 5.75 Å². The predicted molar refractivity (Wildman–Crippen MR) is 73.1 cm³/mol. The normalized spacial score (nSPS) is 10.4. The van der Waals surface area contributed by atoms with Crippen LogP contribution in [-0.2, 0) is 6.42 Å². The van der Waals surface area contributed by atoms with E-state index in [1.165, 1.54) is 11.8 Å². The first-order valence-electron chi connectivity index (χ1n) is 5.63. The van der Waals surface area contributed by atoms with Crippen LogP contribution in [0.2, 0.25) is 0 Å². The van der Waals surface area contributed by atoms with Crippen molar-refractivity contribution in [2.24, 2.45) is 0 Å². The van der Waals surface area contributed by atoms with Gasteiger partial charge in [0.2, 0.25) is 0 Å². The summed E-state index contributed by atoms with van der Waals surface area (Å²) in [6.45, 7) is 0. The number of nitrogens with one attached hydrogen (secondary N) is 1. The van der Waals surface area contributed by atoms with Gasteiger partial charge in [-0.05, 0) is 24.0 Å². The number of nitrogens with zero attached hydrogens (tertiary/aromatic N) is 1. The van der Waals surface area contributed by atoms with E-state index in [2.05, 4.69) is 9.97 Å². The van der Waals surface area contributed by atoms with E-state index in [0.717, 1.165) is 11.3 Å². The number of benzene rings is 1. The van der Waals surface area contributed by atoms with Gasteiger partial charge in [-0.3, -0.25) is 0 Å². The Morgan fingerprint density at radius 1 is 1.42 bits per heavy atom. The van der Waals surface area contributed by atoms with Crippen LogP contribution in [0.3, 0.4) is 0 Å². The fourth-order valence-corrected chi connectivity index (χ4v) is 2.14. The second-order valence-corrected chi connectivity index (χ2v) is 4.70. The van der Waals surface area contributed by atoms with E-state index in [1.54, 1.807) is 7.11 Å². The fourth-order valence-electron chi connectivity index (χ4n) is 1.73. The predicted octanol–water partition coefficient (Wildman–Crippen LogP) is 2.43. The standard InChI is InChI=1S/C13H14N2O3S/c1-18-9-5-3-8(4-6-9)7-10-11(12(16)17)15-13(14-10)19-2/h3-6H,7H2,1-2H3,(H,14,15)(H,16,17). The van der Waals surface area contributed by atoms with Gasteiger partial charge >= 0.3 is 5.97 Å². The number of thioether (sulfide) groups is 1. The molecule has 0 saturated carbocycles. The van der Waals surface area contributed by atoms with Gasteiger partial charge < -0.3 is 14.8 Å². The number of aromatic amines is 1. The number of imidazole rings is 1. The molecule has 0 aliphatic carbocycles. The highest BCUT2D eigenvalue weighted by atomic mass is 32.2. The van der Waals surface area contributed by atoms with Crippen LogP contribution in [-0.4, -0.2) is 34.4 Å². The Bertz CT molecular complexity index is 578. The van der Waals surface area contributed by atoms with Gasteiger partial charge in [-0.1, -0.05) is 23.9 Å². The van der Waals surface area contributed by atoms with Crippen molar-refractivity contribution in [1.82, 2.24) is 9.97 Å². The van der Waals surface area contributed by atoms with Crippen molar-refractivity contribution in [2.45, 2.75) is 11.6 Å². The minimum atomic E-state index is -1.01. The molecule has 1 aromatic carbocycles. The Balaban J connectivity index is 2.26. The van der Waals surface area contributed by atoms with Crippen LogP contribution < -0.4 is 4.74 Å². The third-order valence-corrected chi connectivity index (χ3v) is 3.27. The van der Waals surface area contributed by atoms with Gasteiger partial charge in [-0.25, -0.2) is 9.78 Å². The molecule has 0 unspecified atom stereocenters. The van der Waals surface area contributed by atoms with E-state index in [-0.39, 0.29) is 5.69 Å². The third kappa shape index (κ3) is 3.08. The average molecular weight is 278 g/mol. The van der Waals surface area contributed by atoms with Crippen molar-refractivity contribution >= 4 is 17.7 Å². The highest BCUT2D eigenvalue weighted by Crippen LogP contribution is 2.19. The lowest BCUT2D eigenvalue weighted by molar-refractivity contribution is 0.0689. The molecule has 2 aromatic rings. The monoisotopic (exact) mass is 278 g/mol. The Labute approximate surface area is 115 Å². The van der Waals surface area contributed by atoms with Gasteiger partial charge in [0.15, 0.2) is 10.9 Å². The summed E-state index contributed by atoms with van der Waals surface area (Å²) >= 11 is 1.39. The quantitative estimate of drug-likeness (QED) is 0.822. The summed E-state index contributed by atoms with van der Waals surface area (Å²) in [4.78, 5) is 18.2. The van der Waals surface area contributed by atoms with Gasteiger partial charge in [0.25, 0.3) is 0 Å². The van der Waals surface area contributed by atoms with E-state index in [4.69, 9.17) is 9.84 Å². The maximum Gasteiger partial charge on any atom is 0.356 e. The molecule has 100 valence electrons. The maximum atomic E-state index is 11.1. The highest BCUT2D eigenvalue weighted by molar-refractivity contribution is 7.98.